The fourth-order valence-electron chi connectivity index (χ4n) is 0.626. The molecule has 0 aromatic heterocycles. The van der Waals surface area contributed by atoms with Gasteiger partial charge in [0.1, 0.15) is 6.07 Å². The van der Waals surface area contributed by atoms with E-state index in [2.05, 4.69) is 16.3 Å². The second kappa shape index (κ2) is 3.23. The van der Waals surface area contributed by atoms with Gasteiger partial charge in [-0.1, -0.05) is 12.1 Å². The van der Waals surface area contributed by atoms with Crippen LogP contribution < -0.4 is 3.83 Å². The number of para-hydroxylation sites is 1. The Hall–Kier alpha value is -1.01. The summed E-state index contributed by atoms with van der Waals surface area (Å²) in [4.78, 5) is 0. The van der Waals surface area contributed by atoms with Gasteiger partial charge < -0.3 is 3.83 Å². The number of nitriles is 1. The van der Waals surface area contributed by atoms with Crippen LogP contribution in [0.5, 0.6) is 5.75 Å². The lowest BCUT2D eigenvalue weighted by molar-refractivity contribution is 0.675. The number of benzene rings is 1. The first kappa shape index (κ1) is 7.10. The Morgan fingerprint density at radius 1 is 1.40 bits per heavy atom. The third-order valence-corrected chi connectivity index (χ3v) is 1.44. The topological polar surface area (TPSA) is 33.0 Å². The minimum atomic E-state index is 0.527. The number of hydrogen-bond donors (Lipinski definition) is 0. The van der Waals surface area contributed by atoms with Crippen LogP contribution in [0.25, 0.3) is 0 Å². The van der Waals surface area contributed by atoms with Gasteiger partial charge >= 0.3 is 0 Å². The SMILES string of the molecule is N#Cc1ccccc1OBr. The van der Waals surface area contributed by atoms with Gasteiger partial charge in [-0.15, -0.1) is 0 Å². The number of hydrogen-bond acceptors (Lipinski definition) is 2. The number of nitrogens with zero attached hydrogens (tertiary/aromatic N) is 1. The molecule has 0 aliphatic rings. The largest absolute Gasteiger partial charge is 0.417 e. The highest BCUT2D eigenvalue weighted by Gasteiger charge is 1.97. The van der Waals surface area contributed by atoms with Crippen molar-refractivity contribution in [2.45, 2.75) is 0 Å². The lowest BCUT2D eigenvalue weighted by atomic mass is 10.2. The maximum Gasteiger partial charge on any atom is 0.179 e. The minimum absolute atomic E-state index is 0.527. The summed E-state index contributed by atoms with van der Waals surface area (Å²) < 4.78 is 4.73. The van der Waals surface area contributed by atoms with Crippen LogP contribution in [-0.2, 0) is 0 Å². The van der Waals surface area contributed by atoms with Crippen molar-refractivity contribution < 1.29 is 3.83 Å². The van der Waals surface area contributed by atoms with Crippen LogP contribution in [-0.4, -0.2) is 0 Å². The molecule has 3 heteroatoms. The van der Waals surface area contributed by atoms with Gasteiger partial charge in [0, 0.05) is 0 Å². The molecule has 0 radical (unpaired) electrons. The fraction of sp³-hybridized carbons (Fsp3) is 0. The van der Waals surface area contributed by atoms with Gasteiger partial charge in [0.15, 0.2) is 22.0 Å². The molecule has 1 aromatic carbocycles. The maximum absolute atomic E-state index is 8.50. The summed E-state index contributed by atoms with van der Waals surface area (Å²) in [5.41, 5.74) is 0.527. The Labute approximate surface area is 67.5 Å². The molecule has 50 valence electrons. The van der Waals surface area contributed by atoms with E-state index in [9.17, 15) is 0 Å². The molecule has 0 atom stereocenters. The molecule has 0 saturated heterocycles. The quantitative estimate of drug-likeness (QED) is 0.693. The molecule has 0 spiro atoms. The van der Waals surface area contributed by atoms with Crippen molar-refractivity contribution in [1.82, 2.24) is 0 Å². The molecule has 0 saturated carbocycles. The van der Waals surface area contributed by atoms with Gasteiger partial charge in [-0.05, 0) is 12.1 Å². The van der Waals surface area contributed by atoms with Crippen molar-refractivity contribution in [1.29, 1.82) is 5.26 Å². The summed E-state index contributed by atoms with van der Waals surface area (Å²) in [7, 11) is 0. The standard InChI is InChI=1S/C7H4BrNO/c8-10-7-4-2-1-3-6(7)5-9/h1-4H. The van der Waals surface area contributed by atoms with Crippen molar-refractivity contribution in [3.63, 3.8) is 0 Å². The number of rotatable bonds is 1. The summed E-state index contributed by atoms with van der Waals surface area (Å²) in [6, 6.07) is 8.99. The molecule has 0 heterocycles. The highest BCUT2D eigenvalue weighted by molar-refractivity contribution is 9.06. The molecular formula is C7H4BrNO. The van der Waals surface area contributed by atoms with E-state index in [1.807, 2.05) is 6.07 Å². The van der Waals surface area contributed by atoms with Crippen molar-refractivity contribution in [3.05, 3.63) is 29.8 Å². The molecule has 0 N–H and O–H groups in total. The van der Waals surface area contributed by atoms with E-state index in [0.29, 0.717) is 11.3 Å². The first-order valence-electron chi connectivity index (χ1n) is 2.66. The van der Waals surface area contributed by atoms with Gasteiger partial charge in [-0.25, -0.2) is 0 Å². The van der Waals surface area contributed by atoms with E-state index in [1.54, 1.807) is 24.3 Å². The molecule has 0 aliphatic heterocycles. The lowest BCUT2D eigenvalue weighted by Gasteiger charge is -1.95. The average Bonchev–Trinajstić information content (AvgIpc) is 2.04. The van der Waals surface area contributed by atoms with Gasteiger partial charge in [0.2, 0.25) is 0 Å². The molecular weight excluding hydrogens is 194 g/mol. The molecule has 0 unspecified atom stereocenters. The highest BCUT2D eigenvalue weighted by Crippen LogP contribution is 2.17. The first-order chi connectivity index (χ1) is 4.88. The predicted octanol–water partition coefficient (Wildman–Crippen LogP) is 2.25. The number of halogens is 1. The summed E-state index contributed by atoms with van der Waals surface area (Å²) in [6.07, 6.45) is 0. The second-order valence-corrected chi connectivity index (χ2v) is 2.01. The Bertz CT molecular complexity index is 267. The van der Waals surface area contributed by atoms with Gasteiger partial charge in [0.05, 0.1) is 5.56 Å². The van der Waals surface area contributed by atoms with Crippen LogP contribution in [0, 0.1) is 11.3 Å². The summed E-state index contributed by atoms with van der Waals surface area (Å²) in [6.45, 7) is 0. The lowest BCUT2D eigenvalue weighted by Crippen LogP contribution is -1.79. The average molecular weight is 198 g/mol. The van der Waals surface area contributed by atoms with Crippen molar-refractivity contribution in [3.8, 4) is 11.8 Å². The van der Waals surface area contributed by atoms with E-state index in [0.717, 1.165) is 0 Å². The molecule has 0 fully saturated rings. The monoisotopic (exact) mass is 197 g/mol. The van der Waals surface area contributed by atoms with Crippen LogP contribution in [0.3, 0.4) is 0 Å². The van der Waals surface area contributed by atoms with Gasteiger partial charge in [-0.3, -0.25) is 0 Å². The normalized spacial score (nSPS) is 8.40. The minimum Gasteiger partial charge on any atom is -0.417 e. The van der Waals surface area contributed by atoms with Crippen LogP contribution in [0.1, 0.15) is 5.56 Å². The van der Waals surface area contributed by atoms with E-state index in [4.69, 9.17) is 9.09 Å². The van der Waals surface area contributed by atoms with E-state index in [1.165, 1.54) is 0 Å². The Morgan fingerprint density at radius 2 is 2.10 bits per heavy atom. The molecule has 1 rings (SSSR count). The van der Waals surface area contributed by atoms with Crippen molar-refractivity contribution >= 4 is 16.3 Å². The van der Waals surface area contributed by atoms with Crippen LogP contribution in [0.15, 0.2) is 24.3 Å². The highest BCUT2D eigenvalue weighted by atomic mass is 79.9. The Balaban J connectivity index is 3.12. The molecule has 10 heavy (non-hydrogen) atoms. The molecule has 1 aromatic rings. The van der Waals surface area contributed by atoms with Crippen molar-refractivity contribution in [2.75, 3.05) is 0 Å². The maximum atomic E-state index is 8.50. The zero-order valence-electron chi connectivity index (χ0n) is 5.04. The molecule has 2 nitrogen and oxygen atoms in total. The zero-order chi connectivity index (χ0) is 7.40. The van der Waals surface area contributed by atoms with Crippen molar-refractivity contribution in [2.24, 2.45) is 0 Å². The first-order valence-corrected chi connectivity index (χ1v) is 3.31. The third kappa shape index (κ3) is 1.28. The van der Waals surface area contributed by atoms with E-state index < -0.39 is 0 Å². The Kier molecular flexibility index (Phi) is 2.30. The van der Waals surface area contributed by atoms with E-state index >= 15 is 0 Å². The van der Waals surface area contributed by atoms with Gasteiger partial charge in [-0.2, -0.15) is 5.26 Å². The van der Waals surface area contributed by atoms with Crippen LogP contribution in [0.4, 0.5) is 0 Å². The smallest absolute Gasteiger partial charge is 0.179 e. The predicted molar refractivity (Wildman–Crippen MR) is 40.7 cm³/mol. The summed E-state index contributed by atoms with van der Waals surface area (Å²) in [5.74, 6) is 0.546. The summed E-state index contributed by atoms with van der Waals surface area (Å²) in [5, 5.41) is 8.50. The Morgan fingerprint density at radius 3 is 2.60 bits per heavy atom. The van der Waals surface area contributed by atoms with Gasteiger partial charge in [0.25, 0.3) is 0 Å². The third-order valence-electron chi connectivity index (χ3n) is 1.09. The van der Waals surface area contributed by atoms with E-state index in [-0.39, 0.29) is 0 Å². The molecule has 0 aliphatic carbocycles. The van der Waals surface area contributed by atoms with Crippen LogP contribution >= 0.6 is 16.3 Å². The second-order valence-electron chi connectivity index (χ2n) is 1.69. The fourth-order valence-corrected chi connectivity index (χ4v) is 0.909. The molecule has 0 bridgehead atoms. The zero-order valence-corrected chi connectivity index (χ0v) is 6.63. The van der Waals surface area contributed by atoms with Crippen LogP contribution in [0.2, 0.25) is 0 Å². The molecule has 0 amide bonds. The summed E-state index contributed by atoms with van der Waals surface area (Å²) >= 11 is 2.80.